The molecule has 0 aliphatic heterocycles. The molecular formula is C18H28N2O3. The summed E-state index contributed by atoms with van der Waals surface area (Å²) >= 11 is 0. The Bertz CT molecular complexity index is 525. The van der Waals surface area contributed by atoms with Crippen LogP contribution in [0.4, 0.5) is 16.2 Å². The minimum atomic E-state index is -0.512. The average Bonchev–Trinajstić information content (AvgIpc) is 2.47. The molecule has 1 aliphatic rings. The Morgan fingerprint density at radius 3 is 2.52 bits per heavy atom. The van der Waals surface area contributed by atoms with Gasteiger partial charge in [0, 0.05) is 13.2 Å². The van der Waals surface area contributed by atoms with Gasteiger partial charge in [-0.1, -0.05) is 12.1 Å². The molecule has 2 rings (SSSR count). The van der Waals surface area contributed by atoms with Crippen LogP contribution in [0.25, 0.3) is 0 Å². The number of amides is 1. The van der Waals surface area contributed by atoms with Crippen molar-refractivity contribution in [2.45, 2.75) is 64.2 Å². The minimum Gasteiger partial charge on any atom is -0.444 e. The number of hydrogen-bond donors (Lipinski definition) is 2. The fourth-order valence-electron chi connectivity index (χ4n) is 2.84. The van der Waals surface area contributed by atoms with Gasteiger partial charge >= 0.3 is 6.09 Å². The number of benzene rings is 1. The lowest BCUT2D eigenvalue weighted by molar-refractivity contribution is 0.0634. The fourth-order valence-corrected chi connectivity index (χ4v) is 2.84. The molecule has 1 saturated carbocycles. The number of hydrogen-bond acceptors (Lipinski definition) is 4. The molecule has 1 amide bonds. The van der Waals surface area contributed by atoms with Crippen LogP contribution >= 0.6 is 0 Å². The van der Waals surface area contributed by atoms with Crippen LogP contribution < -0.4 is 10.6 Å². The van der Waals surface area contributed by atoms with Crippen LogP contribution in [0.5, 0.6) is 0 Å². The van der Waals surface area contributed by atoms with Crippen molar-refractivity contribution in [2.75, 3.05) is 17.7 Å². The van der Waals surface area contributed by atoms with Crippen molar-refractivity contribution >= 4 is 17.5 Å². The third kappa shape index (κ3) is 5.75. The maximum atomic E-state index is 12.0. The molecule has 0 saturated heterocycles. The smallest absolute Gasteiger partial charge is 0.412 e. The number of nitrogens with one attached hydrogen (secondary N) is 2. The summed E-state index contributed by atoms with van der Waals surface area (Å²) in [7, 11) is 1.77. The summed E-state index contributed by atoms with van der Waals surface area (Å²) < 4.78 is 10.8. The van der Waals surface area contributed by atoms with Crippen molar-refractivity contribution in [3.05, 3.63) is 24.3 Å². The zero-order valence-electron chi connectivity index (χ0n) is 14.5. The van der Waals surface area contributed by atoms with E-state index in [-0.39, 0.29) is 0 Å². The quantitative estimate of drug-likeness (QED) is 0.863. The summed E-state index contributed by atoms with van der Waals surface area (Å²) in [4.78, 5) is 12.0. The molecule has 5 nitrogen and oxygen atoms in total. The molecule has 1 aromatic rings. The Balaban J connectivity index is 2.01. The van der Waals surface area contributed by atoms with Gasteiger partial charge in [0.1, 0.15) is 5.60 Å². The monoisotopic (exact) mass is 320 g/mol. The second-order valence-corrected chi connectivity index (χ2v) is 7.04. The van der Waals surface area contributed by atoms with Gasteiger partial charge < -0.3 is 14.8 Å². The molecule has 0 aromatic heterocycles. The van der Waals surface area contributed by atoms with E-state index in [0.29, 0.717) is 12.1 Å². The maximum Gasteiger partial charge on any atom is 0.412 e. The molecule has 0 heterocycles. The summed E-state index contributed by atoms with van der Waals surface area (Å²) in [5, 5.41) is 6.36. The van der Waals surface area contributed by atoms with Crippen molar-refractivity contribution in [3.8, 4) is 0 Å². The number of carbonyl (C=O) groups excluding carboxylic acids is 1. The molecule has 0 spiro atoms. The molecule has 0 bridgehead atoms. The highest BCUT2D eigenvalue weighted by Gasteiger charge is 2.23. The summed E-state index contributed by atoms with van der Waals surface area (Å²) in [5.41, 5.74) is 1.14. The Labute approximate surface area is 138 Å². The number of carbonyl (C=O) groups is 1. The van der Waals surface area contributed by atoms with Crippen LogP contribution in [0, 0.1) is 0 Å². The van der Waals surface area contributed by atoms with Crippen LogP contribution in [-0.2, 0) is 9.47 Å². The van der Waals surface area contributed by atoms with Crippen LogP contribution in [0.1, 0.15) is 46.5 Å². The molecule has 2 atom stereocenters. The molecule has 23 heavy (non-hydrogen) atoms. The van der Waals surface area contributed by atoms with E-state index in [0.717, 1.165) is 37.1 Å². The predicted octanol–water partition coefficient (Wildman–Crippen LogP) is 4.40. The van der Waals surface area contributed by atoms with Crippen molar-refractivity contribution in [1.82, 2.24) is 0 Å². The standard InChI is InChI=1S/C18H28N2O3/c1-18(2,3)23-17(21)20-16-11-6-5-10-15(16)19-13-8-7-9-14(12-13)22-4/h5-6,10-11,13-14,19H,7-9,12H2,1-4H3,(H,20,21). The van der Waals surface area contributed by atoms with Gasteiger partial charge in [0.05, 0.1) is 17.5 Å². The number of rotatable bonds is 4. The largest absolute Gasteiger partial charge is 0.444 e. The van der Waals surface area contributed by atoms with Crippen LogP contribution in [-0.4, -0.2) is 30.9 Å². The molecule has 128 valence electrons. The lowest BCUT2D eigenvalue weighted by Crippen LogP contribution is -2.31. The van der Waals surface area contributed by atoms with Crippen molar-refractivity contribution < 1.29 is 14.3 Å². The zero-order chi connectivity index (χ0) is 16.9. The normalized spacial score (nSPS) is 21.6. The summed E-state index contributed by atoms with van der Waals surface area (Å²) in [6.45, 7) is 5.55. The maximum absolute atomic E-state index is 12.0. The van der Waals surface area contributed by atoms with E-state index >= 15 is 0 Å². The Kier molecular flexibility index (Phi) is 5.88. The summed E-state index contributed by atoms with van der Waals surface area (Å²) in [5.74, 6) is 0. The fraction of sp³-hybridized carbons (Fsp3) is 0.611. The number of para-hydroxylation sites is 2. The highest BCUT2D eigenvalue weighted by atomic mass is 16.6. The van der Waals surface area contributed by atoms with E-state index < -0.39 is 11.7 Å². The van der Waals surface area contributed by atoms with E-state index in [9.17, 15) is 4.79 Å². The number of methoxy groups -OCH3 is 1. The van der Waals surface area contributed by atoms with Gasteiger partial charge in [-0.25, -0.2) is 4.79 Å². The average molecular weight is 320 g/mol. The van der Waals surface area contributed by atoms with Gasteiger partial charge in [0.2, 0.25) is 0 Å². The molecule has 1 aromatic carbocycles. The SMILES string of the molecule is COC1CCCC(Nc2ccccc2NC(=O)OC(C)(C)C)C1. The molecule has 0 radical (unpaired) electrons. The topological polar surface area (TPSA) is 59.6 Å². The number of anilines is 2. The van der Waals surface area contributed by atoms with E-state index in [2.05, 4.69) is 10.6 Å². The van der Waals surface area contributed by atoms with E-state index in [1.54, 1.807) is 7.11 Å². The molecule has 1 aliphatic carbocycles. The first-order chi connectivity index (χ1) is 10.9. The first-order valence-electron chi connectivity index (χ1n) is 8.26. The first kappa shape index (κ1) is 17.6. The van der Waals surface area contributed by atoms with Gasteiger partial charge in [0.25, 0.3) is 0 Å². The van der Waals surface area contributed by atoms with Gasteiger partial charge in [0.15, 0.2) is 0 Å². The lowest BCUT2D eigenvalue weighted by atomic mass is 9.92. The third-order valence-electron chi connectivity index (χ3n) is 3.88. The van der Waals surface area contributed by atoms with Gasteiger partial charge in [-0.2, -0.15) is 0 Å². The van der Waals surface area contributed by atoms with E-state index in [4.69, 9.17) is 9.47 Å². The van der Waals surface area contributed by atoms with Gasteiger partial charge in [-0.15, -0.1) is 0 Å². The molecule has 2 unspecified atom stereocenters. The zero-order valence-corrected chi connectivity index (χ0v) is 14.5. The molecule has 2 N–H and O–H groups in total. The van der Waals surface area contributed by atoms with Crippen molar-refractivity contribution in [1.29, 1.82) is 0 Å². The van der Waals surface area contributed by atoms with E-state index in [1.165, 1.54) is 0 Å². The van der Waals surface area contributed by atoms with Crippen LogP contribution in [0.15, 0.2) is 24.3 Å². The first-order valence-corrected chi connectivity index (χ1v) is 8.26. The van der Waals surface area contributed by atoms with Gasteiger partial charge in [-0.05, 0) is 58.6 Å². The van der Waals surface area contributed by atoms with Crippen molar-refractivity contribution in [2.24, 2.45) is 0 Å². The van der Waals surface area contributed by atoms with Crippen LogP contribution in [0.3, 0.4) is 0 Å². The second kappa shape index (κ2) is 7.68. The molecule has 1 fully saturated rings. The minimum absolute atomic E-state index is 0.312. The highest BCUT2D eigenvalue weighted by Crippen LogP contribution is 2.28. The predicted molar refractivity (Wildman–Crippen MR) is 93.0 cm³/mol. The van der Waals surface area contributed by atoms with E-state index in [1.807, 2.05) is 45.0 Å². The molecular weight excluding hydrogens is 292 g/mol. The summed E-state index contributed by atoms with van der Waals surface area (Å²) in [6.07, 6.45) is 4.24. The van der Waals surface area contributed by atoms with Crippen LogP contribution in [0.2, 0.25) is 0 Å². The Hall–Kier alpha value is -1.75. The Morgan fingerprint density at radius 2 is 1.87 bits per heavy atom. The Morgan fingerprint density at radius 1 is 1.17 bits per heavy atom. The van der Waals surface area contributed by atoms with Gasteiger partial charge in [-0.3, -0.25) is 5.32 Å². The third-order valence-corrected chi connectivity index (χ3v) is 3.88. The number of ether oxygens (including phenoxy) is 2. The summed E-state index contributed by atoms with van der Waals surface area (Å²) in [6, 6.07) is 8.07. The lowest BCUT2D eigenvalue weighted by Gasteiger charge is -2.30. The highest BCUT2D eigenvalue weighted by molar-refractivity contribution is 5.89. The van der Waals surface area contributed by atoms with Crippen molar-refractivity contribution in [3.63, 3.8) is 0 Å². The molecule has 5 heteroatoms. The second-order valence-electron chi connectivity index (χ2n) is 7.04.